The van der Waals surface area contributed by atoms with Gasteiger partial charge in [0.05, 0.1) is 29.2 Å². The Morgan fingerprint density at radius 3 is 2.61 bits per heavy atom. The topological polar surface area (TPSA) is 48.5 Å². The molecule has 0 N–H and O–H groups in total. The molecule has 0 fully saturated rings. The van der Waals surface area contributed by atoms with Crippen LogP contribution >= 0.6 is 0 Å². The SMILES string of the molecule is Cc1nn([C@H](C)[C@@H](Cn2cncn2)c2ccc(F)cc2F)c2cccc(F)c12. The van der Waals surface area contributed by atoms with Crippen LogP contribution in [0.1, 0.15) is 30.1 Å². The molecule has 4 aromatic rings. The summed E-state index contributed by atoms with van der Waals surface area (Å²) in [5.41, 5.74) is 1.51. The Hall–Kier alpha value is -3.16. The molecule has 8 heteroatoms. The molecule has 5 nitrogen and oxygen atoms in total. The molecule has 2 heterocycles. The van der Waals surface area contributed by atoms with E-state index in [0.717, 1.165) is 6.07 Å². The minimum Gasteiger partial charge on any atom is -0.261 e. The molecule has 0 radical (unpaired) electrons. The summed E-state index contributed by atoms with van der Waals surface area (Å²) in [7, 11) is 0. The number of halogens is 3. The average molecular weight is 385 g/mol. The standard InChI is InChI=1S/C20H18F3N5/c1-12-20-17(22)4-3-5-19(20)28(26-12)13(2)16(9-27-11-24-10-25-27)15-7-6-14(21)8-18(15)23/h3-8,10-11,13,16H,9H2,1-2H3/t13-,16-/m1/s1. The van der Waals surface area contributed by atoms with Crippen LogP contribution < -0.4 is 0 Å². The molecule has 0 unspecified atom stereocenters. The van der Waals surface area contributed by atoms with Crippen LogP contribution in [0.3, 0.4) is 0 Å². The number of nitrogens with zero attached hydrogens (tertiary/aromatic N) is 5. The summed E-state index contributed by atoms with van der Waals surface area (Å²) in [6.45, 7) is 3.92. The predicted molar refractivity (Wildman–Crippen MR) is 98.3 cm³/mol. The summed E-state index contributed by atoms with van der Waals surface area (Å²) in [4.78, 5) is 3.93. The Kier molecular flexibility index (Phi) is 4.62. The highest BCUT2D eigenvalue weighted by atomic mass is 19.1. The molecule has 2 atom stereocenters. The van der Waals surface area contributed by atoms with Crippen LogP contribution in [0.15, 0.2) is 49.1 Å². The highest BCUT2D eigenvalue weighted by molar-refractivity contribution is 5.82. The van der Waals surface area contributed by atoms with Gasteiger partial charge in [-0.3, -0.25) is 9.36 Å². The van der Waals surface area contributed by atoms with Crippen LogP contribution in [-0.4, -0.2) is 24.5 Å². The third kappa shape index (κ3) is 3.15. The summed E-state index contributed by atoms with van der Waals surface area (Å²) >= 11 is 0. The summed E-state index contributed by atoms with van der Waals surface area (Å²) in [6.07, 6.45) is 2.93. The maximum absolute atomic E-state index is 14.6. The van der Waals surface area contributed by atoms with Gasteiger partial charge in [0.25, 0.3) is 0 Å². The van der Waals surface area contributed by atoms with E-state index in [9.17, 15) is 13.2 Å². The van der Waals surface area contributed by atoms with Crippen molar-refractivity contribution < 1.29 is 13.2 Å². The molecule has 2 aromatic carbocycles. The van der Waals surface area contributed by atoms with Crippen LogP contribution in [-0.2, 0) is 6.54 Å². The quantitative estimate of drug-likeness (QED) is 0.512. The van der Waals surface area contributed by atoms with Crippen molar-refractivity contribution in [3.8, 4) is 0 Å². The van der Waals surface area contributed by atoms with E-state index >= 15 is 0 Å². The number of hydrogen-bond acceptors (Lipinski definition) is 3. The smallest absolute Gasteiger partial charge is 0.137 e. The molecular formula is C20H18F3N5. The van der Waals surface area contributed by atoms with Crippen LogP contribution in [0.5, 0.6) is 0 Å². The Labute approximate surface area is 159 Å². The third-order valence-corrected chi connectivity index (χ3v) is 5.04. The zero-order valence-electron chi connectivity index (χ0n) is 15.4. The minimum atomic E-state index is -0.643. The Morgan fingerprint density at radius 1 is 1.07 bits per heavy atom. The predicted octanol–water partition coefficient (Wildman–Crippen LogP) is 4.40. The number of benzene rings is 2. The van der Waals surface area contributed by atoms with Crippen LogP contribution in [0.4, 0.5) is 13.2 Å². The fourth-order valence-electron chi connectivity index (χ4n) is 3.65. The highest BCUT2D eigenvalue weighted by Crippen LogP contribution is 2.35. The van der Waals surface area contributed by atoms with Gasteiger partial charge < -0.3 is 0 Å². The largest absolute Gasteiger partial charge is 0.261 e. The second-order valence-corrected chi connectivity index (χ2v) is 6.79. The van der Waals surface area contributed by atoms with E-state index < -0.39 is 17.6 Å². The monoisotopic (exact) mass is 385 g/mol. The van der Waals surface area contributed by atoms with E-state index in [0.29, 0.717) is 28.7 Å². The fourth-order valence-corrected chi connectivity index (χ4v) is 3.65. The summed E-state index contributed by atoms with van der Waals surface area (Å²) < 4.78 is 45.6. The maximum atomic E-state index is 14.6. The van der Waals surface area contributed by atoms with Crippen molar-refractivity contribution >= 4 is 10.9 Å². The highest BCUT2D eigenvalue weighted by Gasteiger charge is 2.27. The number of aryl methyl sites for hydroxylation is 1. The Bertz CT molecular complexity index is 1120. The zero-order chi connectivity index (χ0) is 19.8. The number of rotatable bonds is 5. The molecule has 0 spiro atoms. The van der Waals surface area contributed by atoms with Crippen molar-refractivity contribution in [2.75, 3.05) is 0 Å². The molecule has 2 aromatic heterocycles. The van der Waals surface area contributed by atoms with E-state index in [1.807, 2.05) is 6.92 Å². The summed E-state index contributed by atoms with van der Waals surface area (Å²) in [6, 6.07) is 7.95. The zero-order valence-corrected chi connectivity index (χ0v) is 15.4. The van der Waals surface area contributed by atoms with Gasteiger partial charge in [-0.05, 0) is 37.6 Å². The lowest BCUT2D eigenvalue weighted by atomic mass is 9.91. The normalized spacial score (nSPS) is 13.8. The van der Waals surface area contributed by atoms with E-state index in [4.69, 9.17) is 0 Å². The first-order chi connectivity index (χ1) is 13.5. The minimum absolute atomic E-state index is 0.305. The van der Waals surface area contributed by atoms with Crippen molar-refractivity contribution in [2.45, 2.75) is 32.4 Å². The van der Waals surface area contributed by atoms with E-state index in [1.165, 1.54) is 30.9 Å². The first kappa shape index (κ1) is 18.2. The van der Waals surface area contributed by atoms with E-state index in [-0.39, 0.29) is 11.9 Å². The van der Waals surface area contributed by atoms with Gasteiger partial charge in [-0.1, -0.05) is 12.1 Å². The van der Waals surface area contributed by atoms with E-state index in [2.05, 4.69) is 15.2 Å². The maximum Gasteiger partial charge on any atom is 0.137 e. The lowest BCUT2D eigenvalue weighted by Gasteiger charge is -2.26. The van der Waals surface area contributed by atoms with Crippen molar-refractivity contribution in [1.29, 1.82) is 0 Å². The molecule has 0 amide bonds. The van der Waals surface area contributed by atoms with E-state index in [1.54, 1.807) is 28.4 Å². The molecule has 0 aliphatic heterocycles. The van der Waals surface area contributed by atoms with Gasteiger partial charge in [-0.25, -0.2) is 18.2 Å². The van der Waals surface area contributed by atoms with Crippen molar-refractivity contribution in [2.24, 2.45) is 0 Å². The molecule has 0 saturated carbocycles. The lowest BCUT2D eigenvalue weighted by molar-refractivity contribution is 0.356. The number of fused-ring (bicyclic) bond motifs is 1. The van der Waals surface area contributed by atoms with Crippen LogP contribution in [0.25, 0.3) is 10.9 Å². The molecular weight excluding hydrogens is 367 g/mol. The molecule has 0 aliphatic carbocycles. The first-order valence-corrected chi connectivity index (χ1v) is 8.86. The number of hydrogen-bond donors (Lipinski definition) is 0. The van der Waals surface area contributed by atoms with Gasteiger partial charge in [0.1, 0.15) is 30.1 Å². The Morgan fingerprint density at radius 2 is 1.89 bits per heavy atom. The van der Waals surface area contributed by atoms with Crippen molar-refractivity contribution in [1.82, 2.24) is 24.5 Å². The molecule has 144 valence electrons. The van der Waals surface area contributed by atoms with Gasteiger partial charge in [0.2, 0.25) is 0 Å². The average Bonchev–Trinajstić information content (AvgIpc) is 3.28. The van der Waals surface area contributed by atoms with Crippen LogP contribution in [0, 0.1) is 24.4 Å². The molecule has 4 rings (SSSR count). The summed E-state index contributed by atoms with van der Waals surface area (Å²) in [5.74, 6) is -2.07. The lowest BCUT2D eigenvalue weighted by Crippen LogP contribution is -2.22. The van der Waals surface area contributed by atoms with Crippen molar-refractivity contribution in [3.05, 3.63) is 77.8 Å². The molecule has 0 aliphatic rings. The van der Waals surface area contributed by atoms with Crippen LogP contribution in [0.2, 0.25) is 0 Å². The van der Waals surface area contributed by atoms with Gasteiger partial charge >= 0.3 is 0 Å². The van der Waals surface area contributed by atoms with Gasteiger partial charge in [0, 0.05) is 12.0 Å². The Balaban J connectivity index is 1.83. The third-order valence-electron chi connectivity index (χ3n) is 5.04. The summed E-state index contributed by atoms with van der Waals surface area (Å²) in [5, 5.41) is 9.05. The first-order valence-electron chi connectivity index (χ1n) is 8.86. The molecule has 0 saturated heterocycles. The van der Waals surface area contributed by atoms with Gasteiger partial charge in [-0.2, -0.15) is 10.2 Å². The molecule has 28 heavy (non-hydrogen) atoms. The molecule has 0 bridgehead atoms. The van der Waals surface area contributed by atoms with Gasteiger partial charge in [-0.15, -0.1) is 0 Å². The van der Waals surface area contributed by atoms with Crippen molar-refractivity contribution in [3.63, 3.8) is 0 Å². The fraction of sp³-hybridized carbons (Fsp3) is 0.250. The number of aromatic nitrogens is 5. The second kappa shape index (κ2) is 7.10. The second-order valence-electron chi connectivity index (χ2n) is 6.79. The van der Waals surface area contributed by atoms with Gasteiger partial charge in [0.15, 0.2) is 0 Å².